The summed E-state index contributed by atoms with van der Waals surface area (Å²) < 4.78 is 7.51. The number of aromatic nitrogens is 2. The Hall–Kier alpha value is -1.97. The minimum Gasteiger partial charge on any atom is -0.491 e. The molecule has 1 aromatic heterocycles. The van der Waals surface area contributed by atoms with Gasteiger partial charge in [0.2, 0.25) is 0 Å². The summed E-state index contributed by atoms with van der Waals surface area (Å²) in [6, 6.07) is 6.19. The summed E-state index contributed by atoms with van der Waals surface area (Å²) in [6.07, 6.45) is 3.43. The van der Waals surface area contributed by atoms with Crippen LogP contribution in [0.5, 0.6) is 5.75 Å². The molecule has 0 amide bonds. The average molecular weight is 231 g/mol. The van der Waals surface area contributed by atoms with E-state index in [9.17, 15) is 0 Å². The molecule has 0 aliphatic heterocycles. The van der Waals surface area contributed by atoms with Gasteiger partial charge in [-0.1, -0.05) is 12.1 Å². The Kier molecular flexibility index (Phi) is 3.32. The quantitative estimate of drug-likeness (QED) is 0.877. The number of nitrogens with two attached hydrogens (primary N) is 1. The highest BCUT2D eigenvalue weighted by molar-refractivity contribution is 5.36. The van der Waals surface area contributed by atoms with E-state index in [2.05, 4.69) is 24.2 Å². The second-order valence-corrected chi connectivity index (χ2v) is 4.15. The van der Waals surface area contributed by atoms with Crippen molar-refractivity contribution in [3.63, 3.8) is 0 Å². The third-order valence-electron chi connectivity index (χ3n) is 2.57. The van der Waals surface area contributed by atoms with Gasteiger partial charge in [0.05, 0.1) is 18.4 Å². The van der Waals surface area contributed by atoms with Crippen LogP contribution in [0.25, 0.3) is 0 Å². The monoisotopic (exact) mass is 231 g/mol. The molecule has 2 N–H and O–H groups in total. The van der Waals surface area contributed by atoms with E-state index < -0.39 is 0 Å². The lowest BCUT2D eigenvalue weighted by Gasteiger charge is -2.09. The van der Waals surface area contributed by atoms with Crippen molar-refractivity contribution in [2.75, 3.05) is 12.3 Å². The van der Waals surface area contributed by atoms with Gasteiger partial charge in [0.25, 0.3) is 0 Å². The van der Waals surface area contributed by atoms with E-state index in [-0.39, 0.29) is 0 Å². The molecule has 0 unspecified atom stereocenters. The molecule has 0 spiro atoms. The molecule has 0 radical (unpaired) electrons. The summed E-state index contributed by atoms with van der Waals surface area (Å²) in [7, 11) is 0. The molecular formula is C13H17N3O. The molecule has 0 bridgehead atoms. The number of hydrogen-bond donors (Lipinski definition) is 1. The molecule has 1 aromatic carbocycles. The molecule has 4 heteroatoms. The van der Waals surface area contributed by atoms with Gasteiger partial charge in [-0.15, -0.1) is 0 Å². The number of ether oxygens (including phenoxy) is 1. The zero-order chi connectivity index (χ0) is 12.3. The number of aryl methyl sites for hydroxylation is 2. The van der Waals surface area contributed by atoms with E-state index in [1.54, 1.807) is 17.1 Å². The average Bonchev–Trinajstić information content (AvgIpc) is 2.69. The van der Waals surface area contributed by atoms with Gasteiger partial charge in [-0.25, -0.2) is 0 Å². The molecule has 2 aromatic rings. The Morgan fingerprint density at radius 2 is 2.18 bits per heavy atom. The maximum Gasteiger partial charge on any atom is 0.122 e. The Morgan fingerprint density at radius 1 is 1.35 bits per heavy atom. The Labute approximate surface area is 101 Å². The molecule has 90 valence electrons. The van der Waals surface area contributed by atoms with Crippen LogP contribution in [0.1, 0.15) is 11.1 Å². The minimum absolute atomic E-state index is 0.589. The van der Waals surface area contributed by atoms with Gasteiger partial charge in [0.15, 0.2) is 0 Å². The second kappa shape index (κ2) is 4.91. The fraction of sp³-hybridized carbons (Fsp3) is 0.308. The van der Waals surface area contributed by atoms with Crippen LogP contribution in [0.3, 0.4) is 0 Å². The summed E-state index contributed by atoms with van der Waals surface area (Å²) in [5, 5.41) is 4.10. The first kappa shape index (κ1) is 11.5. The first-order valence-electron chi connectivity index (χ1n) is 5.63. The van der Waals surface area contributed by atoms with Crippen molar-refractivity contribution in [3.8, 4) is 5.75 Å². The summed E-state index contributed by atoms with van der Waals surface area (Å²) in [6.45, 7) is 5.39. The normalized spacial score (nSPS) is 10.5. The smallest absolute Gasteiger partial charge is 0.122 e. The molecular weight excluding hydrogens is 214 g/mol. The molecule has 0 saturated carbocycles. The van der Waals surface area contributed by atoms with Crippen molar-refractivity contribution in [2.45, 2.75) is 20.4 Å². The maximum absolute atomic E-state index is 5.73. The fourth-order valence-electron chi connectivity index (χ4n) is 1.61. The van der Waals surface area contributed by atoms with Crippen LogP contribution in [0, 0.1) is 13.8 Å². The number of rotatable bonds is 4. The summed E-state index contributed by atoms with van der Waals surface area (Å²) in [5.41, 5.74) is 8.61. The number of hydrogen-bond acceptors (Lipinski definition) is 3. The standard InChI is InChI=1S/C13H17N3O/c1-10-3-4-11(2)13(7-10)17-6-5-16-9-12(14)8-15-16/h3-4,7-9H,5-6,14H2,1-2H3. The number of benzene rings is 1. The molecule has 0 aliphatic carbocycles. The summed E-state index contributed by atoms with van der Waals surface area (Å²) in [4.78, 5) is 0. The number of nitrogen functional groups attached to an aromatic ring is 1. The minimum atomic E-state index is 0.589. The first-order chi connectivity index (χ1) is 8.15. The molecule has 17 heavy (non-hydrogen) atoms. The van der Waals surface area contributed by atoms with Crippen LogP contribution >= 0.6 is 0 Å². The van der Waals surface area contributed by atoms with Crippen molar-refractivity contribution in [1.29, 1.82) is 0 Å². The van der Waals surface area contributed by atoms with Crippen molar-refractivity contribution in [3.05, 3.63) is 41.7 Å². The van der Waals surface area contributed by atoms with E-state index in [1.165, 1.54) is 5.56 Å². The van der Waals surface area contributed by atoms with Crippen molar-refractivity contribution in [2.24, 2.45) is 0 Å². The van der Waals surface area contributed by atoms with Gasteiger partial charge in [-0.2, -0.15) is 5.10 Å². The van der Waals surface area contributed by atoms with Gasteiger partial charge in [-0.3, -0.25) is 4.68 Å². The van der Waals surface area contributed by atoms with E-state index in [0.717, 1.165) is 11.3 Å². The summed E-state index contributed by atoms with van der Waals surface area (Å²) in [5.74, 6) is 0.935. The zero-order valence-corrected chi connectivity index (χ0v) is 10.2. The predicted octanol–water partition coefficient (Wildman–Crippen LogP) is 2.16. The Balaban J connectivity index is 1.91. The van der Waals surface area contributed by atoms with Gasteiger partial charge >= 0.3 is 0 Å². The molecule has 0 saturated heterocycles. The van der Waals surface area contributed by atoms with Crippen LogP contribution in [0.15, 0.2) is 30.6 Å². The highest BCUT2D eigenvalue weighted by Crippen LogP contribution is 2.18. The van der Waals surface area contributed by atoms with Crippen molar-refractivity contribution < 1.29 is 4.74 Å². The van der Waals surface area contributed by atoms with Crippen LogP contribution in [0.2, 0.25) is 0 Å². The molecule has 0 fully saturated rings. The van der Waals surface area contributed by atoms with Gasteiger partial charge in [0.1, 0.15) is 12.4 Å². The summed E-state index contributed by atoms with van der Waals surface area (Å²) >= 11 is 0. The van der Waals surface area contributed by atoms with Gasteiger partial charge < -0.3 is 10.5 Å². The SMILES string of the molecule is Cc1ccc(C)c(OCCn2cc(N)cn2)c1. The molecule has 0 aliphatic rings. The van der Waals surface area contributed by atoms with E-state index in [1.807, 2.05) is 13.0 Å². The largest absolute Gasteiger partial charge is 0.491 e. The topological polar surface area (TPSA) is 53.1 Å². The third kappa shape index (κ3) is 3.00. The molecule has 0 atom stereocenters. The maximum atomic E-state index is 5.73. The van der Waals surface area contributed by atoms with Crippen molar-refractivity contribution >= 4 is 5.69 Å². The Morgan fingerprint density at radius 3 is 2.88 bits per heavy atom. The van der Waals surface area contributed by atoms with E-state index in [0.29, 0.717) is 18.8 Å². The highest BCUT2D eigenvalue weighted by Gasteiger charge is 2.00. The molecule has 4 nitrogen and oxygen atoms in total. The third-order valence-corrected chi connectivity index (χ3v) is 2.57. The lowest BCUT2D eigenvalue weighted by Crippen LogP contribution is -2.09. The number of anilines is 1. The van der Waals surface area contributed by atoms with Crippen LogP contribution in [0.4, 0.5) is 5.69 Å². The molecule has 1 heterocycles. The van der Waals surface area contributed by atoms with Crippen LogP contribution < -0.4 is 10.5 Å². The lowest BCUT2D eigenvalue weighted by molar-refractivity contribution is 0.289. The van der Waals surface area contributed by atoms with E-state index >= 15 is 0 Å². The molecule has 2 rings (SSSR count). The number of nitrogens with zero attached hydrogens (tertiary/aromatic N) is 2. The second-order valence-electron chi connectivity index (χ2n) is 4.15. The zero-order valence-electron chi connectivity index (χ0n) is 10.2. The van der Waals surface area contributed by atoms with Crippen LogP contribution in [-0.4, -0.2) is 16.4 Å². The highest BCUT2D eigenvalue weighted by atomic mass is 16.5. The van der Waals surface area contributed by atoms with E-state index in [4.69, 9.17) is 10.5 Å². The first-order valence-corrected chi connectivity index (χ1v) is 5.63. The van der Waals surface area contributed by atoms with Crippen LogP contribution in [-0.2, 0) is 6.54 Å². The van der Waals surface area contributed by atoms with Crippen molar-refractivity contribution in [1.82, 2.24) is 9.78 Å². The van der Waals surface area contributed by atoms with Gasteiger partial charge in [-0.05, 0) is 31.0 Å². The Bertz CT molecular complexity index is 505. The fourth-order valence-corrected chi connectivity index (χ4v) is 1.61. The van der Waals surface area contributed by atoms with Gasteiger partial charge in [0, 0.05) is 6.20 Å². The predicted molar refractivity (Wildman–Crippen MR) is 68.1 cm³/mol. The lowest BCUT2D eigenvalue weighted by atomic mass is 10.1.